The van der Waals surface area contributed by atoms with Crippen molar-refractivity contribution in [3.05, 3.63) is 59.7 Å². The van der Waals surface area contributed by atoms with Crippen molar-refractivity contribution in [1.29, 1.82) is 0 Å². The van der Waals surface area contributed by atoms with Crippen molar-refractivity contribution in [2.45, 2.75) is 26.9 Å². The van der Waals surface area contributed by atoms with E-state index >= 15 is 0 Å². The number of guanidine groups is 1. The lowest BCUT2D eigenvalue weighted by atomic mass is 10.2. The van der Waals surface area contributed by atoms with Crippen LogP contribution in [0.25, 0.3) is 0 Å². The van der Waals surface area contributed by atoms with Crippen molar-refractivity contribution >= 4 is 17.6 Å². The van der Waals surface area contributed by atoms with Gasteiger partial charge in [0.1, 0.15) is 5.75 Å². The van der Waals surface area contributed by atoms with Gasteiger partial charge in [-0.15, -0.1) is 0 Å². The van der Waals surface area contributed by atoms with Crippen molar-refractivity contribution in [2.24, 2.45) is 4.99 Å². The zero-order valence-electron chi connectivity index (χ0n) is 15.5. The highest BCUT2D eigenvalue weighted by Gasteiger charge is 2.06. The summed E-state index contributed by atoms with van der Waals surface area (Å²) in [5.74, 6) is 1.23. The van der Waals surface area contributed by atoms with E-state index in [4.69, 9.17) is 4.74 Å². The minimum Gasteiger partial charge on any atom is -0.495 e. The molecule has 0 fully saturated rings. The number of anilines is 1. The first-order chi connectivity index (χ1) is 12.6. The Bertz CT molecular complexity index is 745. The van der Waals surface area contributed by atoms with Crippen LogP contribution < -0.4 is 20.7 Å². The number of carbonyl (C=O) groups excluding carboxylic acids is 1. The van der Waals surface area contributed by atoms with Gasteiger partial charge >= 0.3 is 0 Å². The second kappa shape index (κ2) is 10.1. The fraction of sp³-hybridized carbons (Fsp3) is 0.300. The number of amides is 1. The average Bonchev–Trinajstić information content (AvgIpc) is 2.64. The predicted octanol–water partition coefficient (Wildman–Crippen LogP) is 2.91. The number of hydrogen-bond donors (Lipinski definition) is 3. The summed E-state index contributed by atoms with van der Waals surface area (Å²) in [6, 6.07) is 15.8. The Morgan fingerprint density at radius 1 is 1.08 bits per heavy atom. The summed E-state index contributed by atoms with van der Waals surface area (Å²) in [6.45, 7) is 5.47. The molecule has 0 unspecified atom stereocenters. The molecule has 138 valence electrons. The molecule has 2 aromatic rings. The highest BCUT2D eigenvalue weighted by molar-refractivity contribution is 5.90. The number of rotatable bonds is 7. The Balaban J connectivity index is 2.06. The Morgan fingerprint density at radius 3 is 2.50 bits per heavy atom. The molecule has 26 heavy (non-hydrogen) atoms. The van der Waals surface area contributed by atoms with E-state index < -0.39 is 0 Å². The number of ether oxygens (including phenoxy) is 1. The van der Waals surface area contributed by atoms with Crippen LogP contribution in [0.15, 0.2) is 53.5 Å². The lowest BCUT2D eigenvalue weighted by Crippen LogP contribution is -2.36. The fourth-order valence-electron chi connectivity index (χ4n) is 2.43. The van der Waals surface area contributed by atoms with Gasteiger partial charge in [-0.1, -0.05) is 36.4 Å². The van der Waals surface area contributed by atoms with Gasteiger partial charge < -0.3 is 20.7 Å². The van der Waals surface area contributed by atoms with Crippen LogP contribution in [0.3, 0.4) is 0 Å². The highest BCUT2D eigenvalue weighted by Crippen LogP contribution is 2.25. The van der Waals surface area contributed by atoms with Crippen molar-refractivity contribution in [3.8, 4) is 5.75 Å². The summed E-state index contributed by atoms with van der Waals surface area (Å²) in [5.41, 5.74) is 2.82. The molecule has 1 amide bonds. The third-order valence-corrected chi connectivity index (χ3v) is 3.64. The largest absolute Gasteiger partial charge is 0.495 e. The van der Waals surface area contributed by atoms with Crippen LogP contribution in [0.5, 0.6) is 5.75 Å². The Labute approximate surface area is 154 Å². The summed E-state index contributed by atoms with van der Waals surface area (Å²) in [6.07, 6.45) is 0. The molecule has 0 aliphatic heterocycles. The van der Waals surface area contributed by atoms with E-state index in [0.29, 0.717) is 24.5 Å². The van der Waals surface area contributed by atoms with E-state index in [1.54, 1.807) is 7.11 Å². The lowest BCUT2D eigenvalue weighted by molar-refractivity contribution is -0.114. The van der Waals surface area contributed by atoms with Crippen molar-refractivity contribution in [3.63, 3.8) is 0 Å². The molecule has 0 spiro atoms. The van der Waals surface area contributed by atoms with Crippen LogP contribution in [0.4, 0.5) is 5.69 Å². The van der Waals surface area contributed by atoms with Crippen molar-refractivity contribution in [1.82, 2.24) is 10.6 Å². The van der Waals surface area contributed by atoms with Crippen molar-refractivity contribution in [2.75, 3.05) is 19.0 Å². The molecule has 0 aliphatic carbocycles. The minimum atomic E-state index is -0.137. The van der Waals surface area contributed by atoms with Gasteiger partial charge in [-0.2, -0.15) is 0 Å². The fourth-order valence-corrected chi connectivity index (χ4v) is 2.43. The van der Waals surface area contributed by atoms with Crippen LogP contribution in [0.2, 0.25) is 0 Å². The van der Waals surface area contributed by atoms with E-state index in [9.17, 15) is 4.79 Å². The van der Waals surface area contributed by atoms with Gasteiger partial charge in [0.2, 0.25) is 5.91 Å². The average molecular weight is 354 g/mol. The Hall–Kier alpha value is -3.02. The van der Waals surface area contributed by atoms with E-state index in [0.717, 1.165) is 18.1 Å². The van der Waals surface area contributed by atoms with Gasteiger partial charge in [-0.25, -0.2) is 4.99 Å². The number of hydrogen-bond acceptors (Lipinski definition) is 3. The first-order valence-corrected chi connectivity index (χ1v) is 8.63. The molecular weight excluding hydrogens is 328 g/mol. The quantitative estimate of drug-likeness (QED) is 0.528. The molecule has 6 heteroatoms. The van der Waals surface area contributed by atoms with Gasteiger partial charge in [0, 0.05) is 20.0 Å². The molecule has 0 radical (unpaired) electrons. The van der Waals surface area contributed by atoms with Crippen LogP contribution >= 0.6 is 0 Å². The Kier molecular flexibility index (Phi) is 7.49. The first-order valence-electron chi connectivity index (χ1n) is 8.63. The van der Waals surface area contributed by atoms with Crippen LogP contribution in [0.1, 0.15) is 25.0 Å². The predicted molar refractivity (Wildman–Crippen MR) is 105 cm³/mol. The van der Waals surface area contributed by atoms with Crippen molar-refractivity contribution < 1.29 is 9.53 Å². The topological polar surface area (TPSA) is 74.8 Å². The van der Waals surface area contributed by atoms with E-state index in [-0.39, 0.29) is 5.91 Å². The molecule has 0 heterocycles. The third-order valence-electron chi connectivity index (χ3n) is 3.64. The number of carbonyl (C=O) groups is 1. The number of benzene rings is 2. The number of aliphatic imine (C=N–C) groups is 1. The third kappa shape index (κ3) is 6.12. The van der Waals surface area contributed by atoms with E-state index in [2.05, 4.69) is 33.1 Å². The maximum Gasteiger partial charge on any atom is 0.221 e. The second-order valence-corrected chi connectivity index (χ2v) is 5.75. The molecule has 0 saturated heterocycles. The molecule has 2 rings (SSSR count). The summed E-state index contributed by atoms with van der Waals surface area (Å²) < 4.78 is 5.28. The monoisotopic (exact) mass is 354 g/mol. The second-order valence-electron chi connectivity index (χ2n) is 5.75. The summed E-state index contributed by atoms with van der Waals surface area (Å²) in [5, 5.41) is 9.34. The molecule has 0 bridgehead atoms. The van der Waals surface area contributed by atoms with E-state index in [1.807, 2.05) is 43.3 Å². The van der Waals surface area contributed by atoms with E-state index in [1.165, 1.54) is 12.5 Å². The maximum atomic E-state index is 11.3. The SMILES string of the molecule is CCNC(=NCc1ccc(OC)c(NC(C)=O)c1)NCc1ccccc1. The summed E-state index contributed by atoms with van der Waals surface area (Å²) in [7, 11) is 1.58. The first kappa shape index (κ1) is 19.3. The Morgan fingerprint density at radius 2 is 1.85 bits per heavy atom. The minimum absolute atomic E-state index is 0.137. The van der Waals surface area contributed by atoms with Gasteiger partial charge in [0.25, 0.3) is 0 Å². The number of nitrogens with zero attached hydrogens (tertiary/aromatic N) is 1. The van der Waals surface area contributed by atoms with Gasteiger partial charge in [-0.05, 0) is 30.2 Å². The van der Waals surface area contributed by atoms with Crippen LogP contribution in [-0.4, -0.2) is 25.5 Å². The van der Waals surface area contributed by atoms with Gasteiger partial charge in [0.15, 0.2) is 5.96 Å². The standard InChI is InChI=1S/C20H26N4O2/c1-4-21-20(22-13-16-8-6-5-7-9-16)23-14-17-10-11-19(26-3)18(12-17)24-15(2)25/h5-12H,4,13-14H2,1-3H3,(H,24,25)(H2,21,22,23). The molecule has 0 aliphatic rings. The molecule has 3 N–H and O–H groups in total. The number of methoxy groups -OCH3 is 1. The smallest absolute Gasteiger partial charge is 0.221 e. The number of nitrogens with one attached hydrogen (secondary N) is 3. The van der Waals surface area contributed by atoms with Gasteiger partial charge in [-0.3, -0.25) is 4.79 Å². The zero-order valence-corrected chi connectivity index (χ0v) is 15.5. The molecule has 6 nitrogen and oxygen atoms in total. The van der Waals surface area contributed by atoms with Crippen LogP contribution in [-0.2, 0) is 17.9 Å². The molecule has 0 atom stereocenters. The summed E-state index contributed by atoms with van der Waals surface area (Å²) >= 11 is 0. The maximum absolute atomic E-state index is 11.3. The van der Waals surface area contributed by atoms with Crippen LogP contribution in [0, 0.1) is 0 Å². The normalized spacial score (nSPS) is 11.0. The highest BCUT2D eigenvalue weighted by atomic mass is 16.5. The zero-order chi connectivity index (χ0) is 18.8. The molecular formula is C20H26N4O2. The molecule has 0 aromatic heterocycles. The molecule has 2 aromatic carbocycles. The van der Waals surface area contributed by atoms with Gasteiger partial charge in [0.05, 0.1) is 19.3 Å². The lowest BCUT2D eigenvalue weighted by Gasteiger charge is -2.13. The summed E-state index contributed by atoms with van der Waals surface area (Å²) in [4.78, 5) is 16.0. The molecule has 0 saturated carbocycles.